The Kier molecular flexibility index (Phi) is 7.36. The monoisotopic (exact) mass is 415 g/mol. The highest BCUT2D eigenvalue weighted by Crippen LogP contribution is 2.20. The normalized spacial score (nSPS) is 13.9. The van der Waals surface area contributed by atoms with Crippen molar-refractivity contribution in [3.05, 3.63) is 59.1 Å². The second-order valence-corrected chi connectivity index (χ2v) is 7.41. The van der Waals surface area contributed by atoms with Crippen LogP contribution in [0.2, 0.25) is 5.02 Å². The number of anilines is 1. The van der Waals surface area contributed by atoms with E-state index in [9.17, 15) is 9.59 Å². The van der Waals surface area contributed by atoms with Gasteiger partial charge in [0.25, 0.3) is 0 Å². The van der Waals surface area contributed by atoms with Gasteiger partial charge in [-0.3, -0.25) is 9.59 Å². The zero-order chi connectivity index (χ0) is 20.6. The number of nitrogens with one attached hydrogen (secondary N) is 1. The topological polar surface area (TPSA) is 61.9 Å². The molecule has 0 bridgehead atoms. The number of ether oxygens (including phenoxy) is 1. The zero-order valence-corrected chi connectivity index (χ0v) is 17.3. The summed E-state index contributed by atoms with van der Waals surface area (Å²) in [6.45, 7) is 2.80. The molecule has 0 aromatic heterocycles. The Bertz CT molecular complexity index is 833. The lowest BCUT2D eigenvalue weighted by Gasteiger charge is -2.36. The van der Waals surface area contributed by atoms with Crippen LogP contribution in [-0.4, -0.2) is 56.5 Å². The summed E-state index contributed by atoms with van der Waals surface area (Å²) in [5, 5.41) is 3.44. The van der Waals surface area contributed by atoms with E-state index in [1.165, 1.54) is 0 Å². The molecule has 3 rings (SSSR count). The number of piperazine rings is 1. The van der Waals surface area contributed by atoms with E-state index in [1.807, 2.05) is 48.5 Å². The van der Waals surface area contributed by atoms with Crippen molar-refractivity contribution in [1.29, 1.82) is 0 Å². The number of rotatable bonds is 7. The third kappa shape index (κ3) is 6.12. The predicted molar refractivity (Wildman–Crippen MR) is 115 cm³/mol. The highest BCUT2D eigenvalue weighted by atomic mass is 35.5. The van der Waals surface area contributed by atoms with Crippen LogP contribution >= 0.6 is 11.6 Å². The number of hydrogen-bond donors (Lipinski definition) is 1. The minimum atomic E-state index is -0.119. The highest BCUT2D eigenvalue weighted by Gasteiger charge is 2.21. The number of nitrogens with zero attached hydrogens (tertiary/aromatic N) is 2. The number of methoxy groups -OCH3 is 1. The molecule has 154 valence electrons. The molecular formula is C22H26ClN3O3. The summed E-state index contributed by atoms with van der Waals surface area (Å²) in [5.74, 6) is 0.625. The summed E-state index contributed by atoms with van der Waals surface area (Å²) in [5.41, 5.74) is 2.13. The molecule has 1 heterocycles. The van der Waals surface area contributed by atoms with Gasteiger partial charge in [0.1, 0.15) is 5.75 Å². The molecule has 0 radical (unpaired) electrons. The van der Waals surface area contributed by atoms with Crippen LogP contribution in [0.15, 0.2) is 48.5 Å². The summed E-state index contributed by atoms with van der Waals surface area (Å²) in [4.78, 5) is 28.5. The Morgan fingerprint density at radius 1 is 1.07 bits per heavy atom. The van der Waals surface area contributed by atoms with Crippen molar-refractivity contribution in [2.75, 3.05) is 44.7 Å². The minimum Gasteiger partial charge on any atom is -0.497 e. The third-order valence-corrected chi connectivity index (χ3v) is 5.28. The molecule has 1 saturated heterocycles. The maximum Gasteiger partial charge on any atom is 0.242 e. The van der Waals surface area contributed by atoms with Crippen molar-refractivity contribution in [1.82, 2.24) is 10.2 Å². The second-order valence-electron chi connectivity index (χ2n) is 6.97. The number of carbonyl (C=O) groups is 2. The summed E-state index contributed by atoms with van der Waals surface area (Å²) in [6.07, 6.45) is 0.977. The Balaban J connectivity index is 1.37. The SMILES string of the molecule is COc1ccc(CCC(=O)NCC(=O)N2CCN(c3cccc(Cl)c3)CC2)cc1. The van der Waals surface area contributed by atoms with Crippen LogP contribution in [0.3, 0.4) is 0 Å². The quantitative estimate of drug-likeness (QED) is 0.755. The van der Waals surface area contributed by atoms with Crippen molar-refractivity contribution >= 4 is 29.1 Å². The molecule has 6 nitrogen and oxygen atoms in total. The van der Waals surface area contributed by atoms with E-state index < -0.39 is 0 Å². The summed E-state index contributed by atoms with van der Waals surface area (Å²) in [7, 11) is 1.62. The van der Waals surface area contributed by atoms with Crippen LogP contribution in [0.4, 0.5) is 5.69 Å². The van der Waals surface area contributed by atoms with Gasteiger partial charge in [0.15, 0.2) is 0 Å². The van der Waals surface area contributed by atoms with E-state index in [0.717, 1.165) is 30.1 Å². The Morgan fingerprint density at radius 2 is 1.79 bits per heavy atom. The van der Waals surface area contributed by atoms with Crippen LogP contribution in [-0.2, 0) is 16.0 Å². The van der Waals surface area contributed by atoms with Crippen molar-refractivity contribution in [2.45, 2.75) is 12.8 Å². The largest absolute Gasteiger partial charge is 0.497 e. The first-order valence-corrected chi connectivity index (χ1v) is 10.1. The molecule has 2 aromatic carbocycles. The number of amides is 2. The second kappa shape index (κ2) is 10.2. The number of halogens is 1. The fourth-order valence-corrected chi connectivity index (χ4v) is 3.50. The number of hydrogen-bond acceptors (Lipinski definition) is 4. The van der Waals surface area contributed by atoms with Gasteiger partial charge in [-0.15, -0.1) is 0 Å². The molecule has 1 fully saturated rings. The highest BCUT2D eigenvalue weighted by molar-refractivity contribution is 6.30. The fraction of sp³-hybridized carbons (Fsp3) is 0.364. The number of aryl methyl sites for hydroxylation is 1. The maximum atomic E-state index is 12.4. The van der Waals surface area contributed by atoms with E-state index in [-0.39, 0.29) is 18.4 Å². The zero-order valence-electron chi connectivity index (χ0n) is 16.6. The summed E-state index contributed by atoms with van der Waals surface area (Å²) in [6, 6.07) is 15.4. The molecule has 29 heavy (non-hydrogen) atoms. The molecule has 2 amide bonds. The molecule has 1 aliphatic rings. The molecule has 1 N–H and O–H groups in total. The first kappa shape index (κ1) is 21.0. The van der Waals surface area contributed by atoms with E-state index in [2.05, 4.69) is 10.2 Å². The molecular weight excluding hydrogens is 390 g/mol. The van der Waals surface area contributed by atoms with Crippen molar-refractivity contribution in [2.24, 2.45) is 0 Å². The Morgan fingerprint density at radius 3 is 2.45 bits per heavy atom. The Hall–Kier alpha value is -2.73. The average molecular weight is 416 g/mol. The summed E-state index contributed by atoms with van der Waals surface area (Å²) < 4.78 is 5.12. The van der Waals surface area contributed by atoms with Crippen LogP contribution in [0.5, 0.6) is 5.75 Å². The van der Waals surface area contributed by atoms with Gasteiger partial charge >= 0.3 is 0 Å². The first-order chi connectivity index (χ1) is 14.0. The molecule has 1 aliphatic heterocycles. The number of carbonyl (C=O) groups excluding carboxylic acids is 2. The van der Waals surface area contributed by atoms with Crippen molar-refractivity contribution < 1.29 is 14.3 Å². The average Bonchev–Trinajstić information content (AvgIpc) is 2.76. The lowest BCUT2D eigenvalue weighted by atomic mass is 10.1. The lowest BCUT2D eigenvalue weighted by molar-refractivity contribution is -0.133. The van der Waals surface area contributed by atoms with E-state index in [4.69, 9.17) is 16.3 Å². The van der Waals surface area contributed by atoms with E-state index in [1.54, 1.807) is 12.0 Å². The van der Waals surface area contributed by atoms with Crippen LogP contribution in [0.1, 0.15) is 12.0 Å². The van der Waals surface area contributed by atoms with Crippen LogP contribution in [0, 0.1) is 0 Å². The smallest absolute Gasteiger partial charge is 0.242 e. The van der Waals surface area contributed by atoms with Gasteiger partial charge in [-0.1, -0.05) is 29.8 Å². The molecule has 0 aliphatic carbocycles. The van der Waals surface area contributed by atoms with Gasteiger partial charge in [-0.05, 0) is 42.3 Å². The lowest BCUT2D eigenvalue weighted by Crippen LogP contribution is -2.51. The van der Waals surface area contributed by atoms with Crippen LogP contribution in [0.25, 0.3) is 0 Å². The van der Waals surface area contributed by atoms with Gasteiger partial charge in [-0.2, -0.15) is 0 Å². The van der Waals surface area contributed by atoms with Gasteiger partial charge in [0, 0.05) is 43.3 Å². The van der Waals surface area contributed by atoms with Crippen molar-refractivity contribution in [3.63, 3.8) is 0 Å². The molecule has 0 atom stereocenters. The maximum absolute atomic E-state index is 12.4. The summed E-state index contributed by atoms with van der Waals surface area (Å²) >= 11 is 6.06. The standard InChI is InChI=1S/C22H26ClN3O3/c1-29-20-8-5-17(6-9-20)7-10-21(27)24-16-22(28)26-13-11-25(12-14-26)19-4-2-3-18(23)15-19/h2-6,8-9,15H,7,10-14,16H2,1H3,(H,24,27). The van der Waals surface area contributed by atoms with Crippen molar-refractivity contribution in [3.8, 4) is 5.75 Å². The Labute approximate surface area is 176 Å². The minimum absolute atomic E-state index is 0.0403. The molecule has 0 spiro atoms. The van der Waals surface area contributed by atoms with Gasteiger partial charge < -0.3 is 19.9 Å². The van der Waals surface area contributed by atoms with E-state index >= 15 is 0 Å². The van der Waals surface area contributed by atoms with E-state index in [0.29, 0.717) is 31.0 Å². The third-order valence-electron chi connectivity index (χ3n) is 5.04. The molecule has 0 saturated carbocycles. The molecule has 7 heteroatoms. The number of benzene rings is 2. The fourth-order valence-electron chi connectivity index (χ4n) is 3.31. The predicted octanol–water partition coefficient (Wildman–Crippen LogP) is 2.75. The first-order valence-electron chi connectivity index (χ1n) is 9.73. The molecule has 2 aromatic rings. The van der Waals surface area contributed by atoms with Crippen LogP contribution < -0.4 is 15.0 Å². The van der Waals surface area contributed by atoms with Gasteiger partial charge in [0.2, 0.25) is 11.8 Å². The van der Waals surface area contributed by atoms with Gasteiger partial charge in [-0.25, -0.2) is 0 Å². The van der Waals surface area contributed by atoms with Gasteiger partial charge in [0.05, 0.1) is 13.7 Å². The molecule has 0 unspecified atom stereocenters.